The van der Waals surface area contributed by atoms with Crippen molar-refractivity contribution >= 4 is 11.7 Å². The fraction of sp³-hybridized carbons (Fsp3) is 0.600. The quantitative estimate of drug-likeness (QED) is 0.828. The highest BCUT2D eigenvalue weighted by Crippen LogP contribution is 2.28. The van der Waals surface area contributed by atoms with E-state index in [-0.39, 0.29) is 17.4 Å². The highest BCUT2D eigenvalue weighted by molar-refractivity contribution is 5.93. The van der Waals surface area contributed by atoms with Gasteiger partial charge in [0.25, 0.3) is 5.91 Å². The number of amides is 1. The van der Waals surface area contributed by atoms with Crippen LogP contribution in [0.2, 0.25) is 0 Å². The molecule has 0 bridgehead atoms. The van der Waals surface area contributed by atoms with E-state index in [4.69, 9.17) is 4.52 Å². The summed E-state index contributed by atoms with van der Waals surface area (Å²) in [5, 5.41) is 12.8. The maximum absolute atomic E-state index is 12.9. The van der Waals surface area contributed by atoms with E-state index < -0.39 is 0 Å². The Bertz CT molecular complexity index is 831. The molecule has 1 aliphatic carbocycles. The molecule has 0 N–H and O–H groups in total. The number of likely N-dealkylation sites (N-methyl/N-ethyl adjacent to an activating group) is 1. The average Bonchev–Trinajstić information content (AvgIpc) is 3.03. The second-order valence-corrected chi connectivity index (χ2v) is 8.65. The number of rotatable bonds is 3. The van der Waals surface area contributed by atoms with Crippen LogP contribution in [-0.4, -0.2) is 52.3 Å². The smallest absolute Gasteiger partial charge is 0.292 e. The average molecular weight is 369 g/mol. The summed E-state index contributed by atoms with van der Waals surface area (Å²) in [6.07, 6.45) is 4.02. The third-order valence-electron chi connectivity index (χ3n) is 5.63. The van der Waals surface area contributed by atoms with Crippen molar-refractivity contribution in [3.05, 3.63) is 34.8 Å². The highest BCUT2D eigenvalue weighted by atomic mass is 16.5. The number of hydrogen-bond acceptors (Lipinski definition) is 6. The van der Waals surface area contributed by atoms with E-state index in [1.54, 1.807) is 4.90 Å². The Morgan fingerprint density at radius 3 is 2.59 bits per heavy atom. The lowest BCUT2D eigenvalue weighted by atomic mass is 9.92. The second kappa shape index (κ2) is 6.62. The maximum Gasteiger partial charge on any atom is 0.292 e. The van der Waals surface area contributed by atoms with Crippen LogP contribution in [0.1, 0.15) is 61.1 Å². The first-order chi connectivity index (χ1) is 12.8. The molecular formula is C20H27N5O2. The summed E-state index contributed by atoms with van der Waals surface area (Å²) in [6.45, 7) is 7.88. The Balaban J connectivity index is 1.39. The van der Waals surface area contributed by atoms with Gasteiger partial charge >= 0.3 is 0 Å². The van der Waals surface area contributed by atoms with E-state index in [9.17, 15) is 4.79 Å². The van der Waals surface area contributed by atoms with Gasteiger partial charge in [0.1, 0.15) is 0 Å². The van der Waals surface area contributed by atoms with Crippen LogP contribution in [0.15, 0.2) is 16.7 Å². The summed E-state index contributed by atoms with van der Waals surface area (Å²) in [5.41, 5.74) is 2.94. The maximum atomic E-state index is 12.9. The third kappa shape index (κ3) is 3.31. The van der Waals surface area contributed by atoms with Gasteiger partial charge in [-0.15, -0.1) is 5.10 Å². The van der Waals surface area contributed by atoms with Gasteiger partial charge in [-0.3, -0.25) is 4.79 Å². The molecule has 0 saturated carbocycles. The number of carbonyl (C=O) groups excluding carboxylic acids is 1. The van der Waals surface area contributed by atoms with E-state index >= 15 is 0 Å². The third-order valence-corrected chi connectivity index (χ3v) is 5.63. The Morgan fingerprint density at radius 2 is 1.93 bits per heavy atom. The number of anilines is 1. The summed E-state index contributed by atoms with van der Waals surface area (Å²) in [4.78, 5) is 16.8. The van der Waals surface area contributed by atoms with Crippen LogP contribution in [0.4, 0.5) is 5.82 Å². The van der Waals surface area contributed by atoms with Crippen LogP contribution >= 0.6 is 0 Å². The van der Waals surface area contributed by atoms with Crippen molar-refractivity contribution in [2.45, 2.75) is 57.9 Å². The van der Waals surface area contributed by atoms with E-state index in [1.165, 1.54) is 0 Å². The van der Waals surface area contributed by atoms with Gasteiger partial charge in [0.2, 0.25) is 5.76 Å². The van der Waals surface area contributed by atoms with Crippen LogP contribution in [-0.2, 0) is 18.3 Å². The van der Waals surface area contributed by atoms with Crippen molar-refractivity contribution in [2.75, 3.05) is 25.0 Å². The fourth-order valence-electron chi connectivity index (χ4n) is 3.67. The van der Waals surface area contributed by atoms with E-state index in [0.717, 1.165) is 61.5 Å². The van der Waals surface area contributed by atoms with E-state index in [1.807, 2.05) is 19.2 Å². The summed E-state index contributed by atoms with van der Waals surface area (Å²) in [6, 6.07) is 4.19. The molecule has 2 aromatic heterocycles. The summed E-state index contributed by atoms with van der Waals surface area (Å²) in [7, 11) is 1.84. The predicted molar refractivity (Wildman–Crippen MR) is 102 cm³/mol. The zero-order valence-electron chi connectivity index (χ0n) is 16.5. The molecule has 2 aliphatic rings. The van der Waals surface area contributed by atoms with Crippen molar-refractivity contribution in [2.24, 2.45) is 0 Å². The summed E-state index contributed by atoms with van der Waals surface area (Å²) < 4.78 is 5.40. The molecule has 4 rings (SSSR count). The highest BCUT2D eigenvalue weighted by Gasteiger charge is 2.36. The van der Waals surface area contributed by atoms with Crippen LogP contribution in [0.5, 0.6) is 0 Å². The van der Waals surface area contributed by atoms with Crippen molar-refractivity contribution in [3.8, 4) is 0 Å². The number of aryl methyl sites for hydroxylation is 1. The molecule has 7 nitrogen and oxygen atoms in total. The summed E-state index contributed by atoms with van der Waals surface area (Å²) in [5.74, 6) is 1.22. The van der Waals surface area contributed by atoms with Gasteiger partial charge in [-0.2, -0.15) is 5.10 Å². The molecule has 3 heterocycles. The molecule has 0 aromatic carbocycles. The standard InChI is InChI=1S/C20H27N5O2/c1-20(2,3)16-9-10-17(22-21-16)25-11-13(12-25)24(4)19(26)18-14-7-5-6-8-15(14)23-27-18/h9-10,13H,5-8,11-12H2,1-4H3. The molecular weight excluding hydrogens is 342 g/mol. The monoisotopic (exact) mass is 369 g/mol. The lowest BCUT2D eigenvalue weighted by Crippen LogP contribution is -2.60. The first kappa shape index (κ1) is 17.9. The van der Waals surface area contributed by atoms with Crippen LogP contribution in [0, 0.1) is 0 Å². The number of aromatic nitrogens is 3. The van der Waals surface area contributed by atoms with Gasteiger partial charge in [-0.25, -0.2) is 0 Å². The van der Waals surface area contributed by atoms with Gasteiger partial charge in [-0.05, 0) is 37.8 Å². The molecule has 0 unspecified atom stereocenters. The Labute approximate surface area is 159 Å². The molecule has 0 spiro atoms. The van der Waals surface area contributed by atoms with Crippen molar-refractivity contribution < 1.29 is 9.32 Å². The van der Waals surface area contributed by atoms with Crippen molar-refractivity contribution in [3.63, 3.8) is 0 Å². The number of nitrogens with zero attached hydrogens (tertiary/aromatic N) is 5. The first-order valence-corrected chi connectivity index (χ1v) is 9.68. The van der Waals surface area contributed by atoms with Crippen LogP contribution in [0.3, 0.4) is 0 Å². The van der Waals surface area contributed by atoms with Crippen LogP contribution in [0.25, 0.3) is 0 Å². The lowest BCUT2D eigenvalue weighted by molar-refractivity contribution is 0.0661. The Morgan fingerprint density at radius 1 is 1.19 bits per heavy atom. The molecule has 1 fully saturated rings. The lowest BCUT2D eigenvalue weighted by Gasteiger charge is -2.44. The van der Waals surface area contributed by atoms with Gasteiger partial charge in [0, 0.05) is 31.1 Å². The predicted octanol–water partition coefficient (Wildman–Crippen LogP) is 2.60. The normalized spacial score (nSPS) is 17.4. The van der Waals surface area contributed by atoms with Crippen LogP contribution < -0.4 is 4.90 Å². The first-order valence-electron chi connectivity index (χ1n) is 9.68. The number of carbonyl (C=O) groups is 1. The van der Waals surface area contributed by atoms with Gasteiger partial charge < -0.3 is 14.3 Å². The van der Waals surface area contributed by atoms with Gasteiger partial charge in [-0.1, -0.05) is 25.9 Å². The molecule has 0 atom stereocenters. The zero-order valence-corrected chi connectivity index (χ0v) is 16.5. The molecule has 0 radical (unpaired) electrons. The zero-order chi connectivity index (χ0) is 19.2. The molecule has 1 amide bonds. The Kier molecular flexibility index (Phi) is 4.40. The number of hydrogen-bond donors (Lipinski definition) is 0. The topological polar surface area (TPSA) is 75.4 Å². The van der Waals surface area contributed by atoms with Gasteiger partial charge in [0.15, 0.2) is 5.82 Å². The molecule has 27 heavy (non-hydrogen) atoms. The second-order valence-electron chi connectivity index (χ2n) is 8.65. The fourth-order valence-corrected chi connectivity index (χ4v) is 3.67. The molecule has 1 saturated heterocycles. The van der Waals surface area contributed by atoms with E-state index in [2.05, 4.69) is 41.0 Å². The summed E-state index contributed by atoms with van der Waals surface area (Å²) >= 11 is 0. The molecule has 1 aliphatic heterocycles. The van der Waals surface area contributed by atoms with E-state index in [0.29, 0.717) is 5.76 Å². The number of fused-ring (bicyclic) bond motifs is 1. The SMILES string of the molecule is CN(C(=O)c1onc2c1CCCC2)C1CN(c2ccc(C(C)(C)C)nn2)C1. The molecule has 2 aromatic rings. The molecule has 7 heteroatoms. The van der Waals surface area contributed by atoms with Gasteiger partial charge in [0.05, 0.1) is 17.4 Å². The minimum atomic E-state index is -0.0653. The molecule has 144 valence electrons. The van der Waals surface area contributed by atoms with Crippen molar-refractivity contribution in [1.82, 2.24) is 20.3 Å². The van der Waals surface area contributed by atoms with Crippen molar-refractivity contribution in [1.29, 1.82) is 0 Å². The largest absolute Gasteiger partial charge is 0.351 e. The minimum absolute atomic E-state index is 0.00807. The Hall–Kier alpha value is -2.44. The minimum Gasteiger partial charge on any atom is -0.351 e.